The van der Waals surface area contributed by atoms with Crippen LogP contribution in [-0.4, -0.2) is 12.6 Å². The van der Waals surface area contributed by atoms with Crippen molar-refractivity contribution in [3.05, 3.63) is 72.3 Å². The molecule has 2 aromatic carbocycles. The van der Waals surface area contributed by atoms with Gasteiger partial charge in [0.1, 0.15) is 0 Å². The Hall–Kier alpha value is -2.75. The van der Waals surface area contributed by atoms with Crippen LogP contribution in [0.25, 0.3) is 0 Å². The molecular formula is C19H20N2O2. The van der Waals surface area contributed by atoms with Gasteiger partial charge in [0, 0.05) is 5.57 Å². The molecule has 0 aliphatic rings. The smallest absolute Gasteiger partial charge is 0.333 e. The van der Waals surface area contributed by atoms with Crippen molar-refractivity contribution in [2.75, 3.05) is 6.61 Å². The molecule has 23 heavy (non-hydrogen) atoms. The number of esters is 1. The van der Waals surface area contributed by atoms with Crippen molar-refractivity contribution in [2.45, 2.75) is 19.8 Å². The SMILES string of the molecule is C=C(C)C(=O)OCCCc1ccccc1N=Nc1ccccc1. The number of ether oxygens (including phenoxy) is 1. The van der Waals surface area contributed by atoms with Crippen molar-refractivity contribution in [3.63, 3.8) is 0 Å². The summed E-state index contributed by atoms with van der Waals surface area (Å²) in [5.74, 6) is -0.345. The Labute approximate surface area is 136 Å². The molecule has 118 valence electrons. The van der Waals surface area contributed by atoms with Gasteiger partial charge in [-0.3, -0.25) is 0 Å². The quantitative estimate of drug-likeness (QED) is 0.307. The number of carbonyl (C=O) groups is 1. The molecule has 4 nitrogen and oxygen atoms in total. The number of hydrogen-bond acceptors (Lipinski definition) is 4. The van der Waals surface area contributed by atoms with Crippen LogP contribution in [0.15, 0.2) is 77.0 Å². The van der Waals surface area contributed by atoms with Gasteiger partial charge < -0.3 is 4.74 Å². The number of nitrogens with zero attached hydrogens (tertiary/aromatic N) is 2. The number of aryl methyl sites for hydroxylation is 1. The molecule has 0 fully saturated rings. The van der Waals surface area contributed by atoms with E-state index >= 15 is 0 Å². The number of benzene rings is 2. The molecule has 2 aromatic rings. The molecule has 0 saturated carbocycles. The zero-order chi connectivity index (χ0) is 16.5. The lowest BCUT2D eigenvalue weighted by molar-refractivity contribution is -0.139. The molecule has 0 heterocycles. The third-order valence-corrected chi connectivity index (χ3v) is 3.19. The second kappa shape index (κ2) is 8.63. The maximum atomic E-state index is 11.3. The van der Waals surface area contributed by atoms with Crippen LogP contribution in [0.4, 0.5) is 11.4 Å². The third-order valence-electron chi connectivity index (χ3n) is 3.19. The fraction of sp³-hybridized carbons (Fsp3) is 0.211. The molecule has 4 heteroatoms. The zero-order valence-corrected chi connectivity index (χ0v) is 13.2. The molecule has 0 bridgehead atoms. The molecular weight excluding hydrogens is 288 g/mol. The van der Waals surface area contributed by atoms with E-state index in [0.717, 1.165) is 29.8 Å². The Morgan fingerprint density at radius 1 is 1.04 bits per heavy atom. The first-order valence-electron chi connectivity index (χ1n) is 7.54. The summed E-state index contributed by atoms with van der Waals surface area (Å²) in [7, 11) is 0. The molecule has 0 aliphatic heterocycles. The first-order valence-corrected chi connectivity index (χ1v) is 7.54. The summed E-state index contributed by atoms with van der Waals surface area (Å²) in [6.45, 7) is 5.57. The van der Waals surface area contributed by atoms with Crippen LogP contribution in [0.1, 0.15) is 18.9 Å². The normalized spacial score (nSPS) is 10.7. The summed E-state index contributed by atoms with van der Waals surface area (Å²) in [6.07, 6.45) is 1.50. The monoisotopic (exact) mass is 308 g/mol. The molecule has 0 aliphatic carbocycles. The van der Waals surface area contributed by atoms with Crippen molar-refractivity contribution in [2.24, 2.45) is 10.2 Å². The predicted octanol–water partition coefficient (Wildman–Crippen LogP) is 5.15. The maximum absolute atomic E-state index is 11.3. The van der Waals surface area contributed by atoms with Crippen LogP contribution in [0.5, 0.6) is 0 Å². The summed E-state index contributed by atoms with van der Waals surface area (Å²) in [5, 5.41) is 8.57. The summed E-state index contributed by atoms with van der Waals surface area (Å²) < 4.78 is 5.10. The van der Waals surface area contributed by atoms with Gasteiger partial charge in [-0.15, -0.1) is 0 Å². The van der Waals surface area contributed by atoms with Crippen molar-refractivity contribution in [1.29, 1.82) is 0 Å². The first kappa shape index (κ1) is 16.6. The summed E-state index contributed by atoms with van der Waals surface area (Å²) in [6, 6.07) is 17.5. The van der Waals surface area contributed by atoms with Gasteiger partial charge in [0.25, 0.3) is 0 Å². The van der Waals surface area contributed by atoms with Gasteiger partial charge in [0.05, 0.1) is 18.0 Å². The average Bonchev–Trinajstić information content (AvgIpc) is 2.58. The van der Waals surface area contributed by atoms with E-state index in [1.54, 1.807) is 6.92 Å². The molecule has 0 saturated heterocycles. The van der Waals surface area contributed by atoms with Crippen LogP contribution < -0.4 is 0 Å². The Bertz CT molecular complexity index is 694. The second-order valence-corrected chi connectivity index (χ2v) is 5.18. The lowest BCUT2D eigenvalue weighted by atomic mass is 10.1. The van der Waals surface area contributed by atoms with Gasteiger partial charge in [-0.2, -0.15) is 10.2 Å². The Kier molecular flexibility index (Phi) is 6.24. The number of hydrogen-bond donors (Lipinski definition) is 0. The highest BCUT2D eigenvalue weighted by atomic mass is 16.5. The van der Waals surface area contributed by atoms with E-state index in [-0.39, 0.29) is 5.97 Å². The van der Waals surface area contributed by atoms with Crippen molar-refractivity contribution in [3.8, 4) is 0 Å². The maximum Gasteiger partial charge on any atom is 0.333 e. The van der Waals surface area contributed by atoms with E-state index in [2.05, 4.69) is 16.8 Å². The Morgan fingerprint density at radius 3 is 2.48 bits per heavy atom. The summed E-state index contributed by atoms with van der Waals surface area (Å²) in [4.78, 5) is 11.3. The lowest BCUT2D eigenvalue weighted by Crippen LogP contribution is -2.06. The van der Waals surface area contributed by atoms with Gasteiger partial charge in [-0.05, 0) is 43.5 Å². The molecule has 0 radical (unpaired) electrons. The van der Waals surface area contributed by atoms with Gasteiger partial charge >= 0.3 is 5.97 Å². The van der Waals surface area contributed by atoms with Gasteiger partial charge in [0.15, 0.2) is 0 Å². The highest BCUT2D eigenvalue weighted by molar-refractivity contribution is 5.86. The van der Waals surface area contributed by atoms with E-state index in [1.807, 2.05) is 54.6 Å². The van der Waals surface area contributed by atoms with Gasteiger partial charge in [-0.25, -0.2) is 4.79 Å². The number of carbonyl (C=O) groups excluding carboxylic acids is 1. The van der Waals surface area contributed by atoms with Crippen LogP contribution >= 0.6 is 0 Å². The van der Waals surface area contributed by atoms with E-state index < -0.39 is 0 Å². The number of rotatable bonds is 7. The Morgan fingerprint density at radius 2 is 1.74 bits per heavy atom. The summed E-state index contributed by atoms with van der Waals surface area (Å²) >= 11 is 0. The zero-order valence-electron chi connectivity index (χ0n) is 13.2. The third kappa shape index (κ3) is 5.51. The minimum absolute atomic E-state index is 0.345. The second-order valence-electron chi connectivity index (χ2n) is 5.18. The van der Waals surface area contributed by atoms with Crippen LogP contribution in [0.3, 0.4) is 0 Å². The topological polar surface area (TPSA) is 51.0 Å². The fourth-order valence-electron chi connectivity index (χ4n) is 1.98. The molecule has 0 amide bonds. The van der Waals surface area contributed by atoms with Crippen molar-refractivity contribution in [1.82, 2.24) is 0 Å². The molecule has 2 rings (SSSR count). The van der Waals surface area contributed by atoms with Gasteiger partial charge in [0.2, 0.25) is 0 Å². The van der Waals surface area contributed by atoms with E-state index in [1.165, 1.54) is 0 Å². The van der Waals surface area contributed by atoms with Crippen LogP contribution in [0.2, 0.25) is 0 Å². The van der Waals surface area contributed by atoms with Crippen LogP contribution in [0, 0.1) is 0 Å². The molecule has 0 unspecified atom stereocenters. The average molecular weight is 308 g/mol. The highest BCUT2D eigenvalue weighted by Crippen LogP contribution is 2.23. The fourth-order valence-corrected chi connectivity index (χ4v) is 1.98. The van der Waals surface area contributed by atoms with Gasteiger partial charge in [-0.1, -0.05) is 43.0 Å². The van der Waals surface area contributed by atoms with Crippen LogP contribution in [-0.2, 0) is 16.0 Å². The minimum atomic E-state index is -0.345. The standard InChI is InChI=1S/C19H20N2O2/c1-15(2)19(22)23-14-8-10-16-9-6-7-13-18(16)21-20-17-11-4-3-5-12-17/h3-7,9,11-13H,1,8,10,14H2,2H3. The minimum Gasteiger partial charge on any atom is -0.462 e. The van der Waals surface area contributed by atoms with E-state index in [0.29, 0.717) is 12.2 Å². The molecule has 0 spiro atoms. The molecule has 0 aromatic heterocycles. The lowest BCUT2D eigenvalue weighted by Gasteiger charge is -2.06. The predicted molar refractivity (Wildman–Crippen MR) is 91.2 cm³/mol. The van der Waals surface area contributed by atoms with E-state index in [9.17, 15) is 4.79 Å². The molecule has 0 N–H and O–H groups in total. The van der Waals surface area contributed by atoms with Crippen molar-refractivity contribution < 1.29 is 9.53 Å². The van der Waals surface area contributed by atoms with Crippen molar-refractivity contribution >= 4 is 17.3 Å². The van der Waals surface area contributed by atoms with E-state index in [4.69, 9.17) is 4.74 Å². The first-order chi connectivity index (χ1) is 11.2. The highest BCUT2D eigenvalue weighted by Gasteiger charge is 2.04. The summed E-state index contributed by atoms with van der Waals surface area (Å²) in [5.41, 5.74) is 3.15. The Balaban J connectivity index is 1.94. The largest absolute Gasteiger partial charge is 0.462 e. The molecule has 0 atom stereocenters. The number of azo groups is 1.